The summed E-state index contributed by atoms with van der Waals surface area (Å²) in [7, 11) is 3.16. The summed E-state index contributed by atoms with van der Waals surface area (Å²) < 4.78 is 36.7. The molecule has 8 nitrogen and oxygen atoms in total. The average Bonchev–Trinajstić information content (AvgIpc) is 3.21. The minimum absolute atomic E-state index is 0.101. The number of methoxy groups -OCH3 is 2. The average molecular weight is 373 g/mol. The fourth-order valence-electron chi connectivity index (χ4n) is 3.39. The summed E-state index contributed by atoms with van der Waals surface area (Å²) in [5.74, 6) is 1.20. The van der Waals surface area contributed by atoms with Crippen molar-refractivity contribution in [2.45, 2.75) is 18.9 Å². The number of aromatic nitrogens is 3. The summed E-state index contributed by atoms with van der Waals surface area (Å²) in [5, 5.41) is 8.46. The van der Waals surface area contributed by atoms with E-state index < -0.39 is 11.3 Å². The van der Waals surface area contributed by atoms with Crippen LogP contribution in [0.4, 0.5) is 0 Å². The van der Waals surface area contributed by atoms with Crippen LogP contribution in [0.1, 0.15) is 11.1 Å². The van der Waals surface area contributed by atoms with Crippen molar-refractivity contribution in [3.05, 3.63) is 41.5 Å². The Morgan fingerprint density at radius 1 is 1.15 bits per heavy atom. The van der Waals surface area contributed by atoms with E-state index in [0.29, 0.717) is 29.9 Å². The summed E-state index contributed by atoms with van der Waals surface area (Å²) in [6, 6.07) is 9.51. The van der Waals surface area contributed by atoms with E-state index in [1.165, 1.54) is 0 Å². The van der Waals surface area contributed by atoms with Crippen molar-refractivity contribution in [1.82, 2.24) is 19.7 Å². The summed E-state index contributed by atoms with van der Waals surface area (Å²) in [5.41, 5.74) is 4.61. The zero-order chi connectivity index (χ0) is 18.3. The van der Waals surface area contributed by atoms with Crippen LogP contribution in [0.25, 0.3) is 16.7 Å². The van der Waals surface area contributed by atoms with Crippen molar-refractivity contribution in [3.63, 3.8) is 0 Å². The molecule has 1 aromatic heterocycles. The standard InChI is InChI=1S/C17H18N4O4S/c1-24-16-8-14-15(9-17(16)25-2)21(20-18-14)13-4-3-10-5-12(19-26(22)23)6-11(10)7-13/h3-4,7-9,12,19H,5-6H2,1-2H3,(H,22,23)/p-1. The fraction of sp³-hybridized carbons (Fsp3) is 0.294. The maximum Gasteiger partial charge on any atom is 0.163 e. The lowest BCUT2D eigenvalue weighted by molar-refractivity contribution is 0.355. The highest BCUT2D eigenvalue weighted by molar-refractivity contribution is 7.77. The van der Waals surface area contributed by atoms with E-state index in [2.05, 4.69) is 15.0 Å². The molecule has 2 aromatic carbocycles. The molecule has 1 N–H and O–H groups in total. The van der Waals surface area contributed by atoms with Crippen molar-refractivity contribution in [3.8, 4) is 17.2 Å². The molecule has 1 aliphatic carbocycles. The van der Waals surface area contributed by atoms with Gasteiger partial charge in [0.1, 0.15) is 5.52 Å². The van der Waals surface area contributed by atoms with Gasteiger partial charge in [-0.3, -0.25) is 4.21 Å². The summed E-state index contributed by atoms with van der Waals surface area (Å²) >= 11 is -2.26. The number of hydrogen-bond donors (Lipinski definition) is 1. The Morgan fingerprint density at radius 3 is 2.62 bits per heavy atom. The van der Waals surface area contributed by atoms with E-state index >= 15 is 0 Å². The van der Waals surface area contributed by atoms with E-state index in [-0.39, 0.29) is 6.04 Å². The molecule has 4 rings (SSSR count). The number of ether oxygens (including phenoxy) is 2. The number of benzene rings is 2. The number of nitrogens with zero attached hydrogens (tertiary/aromatic N) is 3. The Labute approximate surface area is 152 Å². The first-order chi connectivity index (χ1) is 12.6. The topological polar surface area (TPSA) is 101 Å². The van der Waals surface area contributed by atoms with Crippen molar-refractivity contribution in [2.24, 2.45) is 0 Å². The lowest BCUT2D eigenvalue weighted by Gasteiger charge is -2.13. The number of nitrogens with one attached hydrogen (secondary N) is 1. The molecule has 0 fully saturated rings. The maximum absolute atomic E-state index is 10.9. The molecular formula is C17H17N4O4S-. The van der Waals surface area contributed by atoms with Gasteiger partial charge in [-0.25, -0.2) is 9.40 Å². The van der Waals surface area contributed by atoms with Crippen molar-refractivity contribution < 1.29 is 18.2 Å². The molecule has 2 atom stereocenters. The molecule has 136 valence electrons. The van der Waals surface area contributed by atoms with E-state index in [0.717, 1.165) is 22.3 Å². The minimum Gasteiger partial charge on any atom is -0.760 e. The first-order valence-corrected chi connectivity index (χ1v) is 9.11. The largest absolute Gasteiger partial charge is 0.760 e. The van der Waals surface area contributed by atoms with Crippen LogP contribution in [-0.2, 0) is 24.1 Å². The molecule has 2 unspecified atom stereocenters. The van der Waals surface area contributed by atoms with E-state index in [9.17, 15) is 8.76 Å². The van der Waals surface area contributed by atoms with Crippen LogP contribution in [-0.4, -0.2) is 44.0 Å². The molecule has 26 heavy (non-hydrogen) atoms. The van der Waals surface area contributed by atoms with E-state index in [1.54, 1.807) is 25.0 Å². The maximum atomic E-state index is 10.9. The first-order valence-electron chi connectivity index (χ1n) is 8.04. The lowest BCUT2D eigenvalue weighted by atomic mass is 10.1. The predicted molar refractivity (Wildman–Crippen MR) is 95.2 cm³/mol. The molecule has 1 heterocycles. The van der Waals surface area contributed by atoms with Gasteiger partial charge in [-0.1, -0.05) is 11.3 Å². The highest BCUT2D eigenvalue weighted by Gasteiger charge is 2.22. The second-order valence-corrected chi connectivity index (χ2v) is 6.81. The van der Waals surface area contributed by atoms with E-state index in [4.69, 9.17) is 9.47 Å². The van der Waals surface area contributed by atoms with Gasteiger partial charge >= 0.3 is 0 Å². The van der Waals surface area contributed by atoms with Crippen molar-refractivity contribution in [2.75, 3.05) is 14.2 Å². The molecule has 0 saturated carbocycles. The Kier molecular flexibility index (Phi) is 4.35. The Balaban J connectivity index is 1.72. The van der Waals surface area contributed by atoms with Gasteiger partial charge in [0.2, 0.25) is 0 Å². The van der Waals surface area contributed by atoms with Crippen LogP contribution in [0.5, 0.6) is 11.5 Å². The summed E-state index contributed by atoms with van der Waals surface area (Å²) in [4.78, 5) is 0. The predicted octanol–water partition coefficient (Wildman–Crippen LogP) is 1.29. The molecule has 3 aromatic rings. The zero-order valence-corrected chi connectivity index (χ0v) is 15.1. The zero-order valence-electron chi connectivity index (χ0n) is 14.3. The van der Waals surface area contributed by atoms with Crippen LogP contribution in [0.3, 0.4) is 0 Å². The van der Waals surface area contributed by atoms with Gasteiger partial charge in [0, 0.05) is 29.4 Å². The van der Waals surface area contributed by atoms with Crippen molar-refractivity contribution >= 4 is 22.3 Å². The van der Waals surface area contributed by atoms with Crippen molar-refractivity contribution in [1.29, 1.82) is 0 Å². The number of rotatable bonds is 5. The second kappa shape index (κ2) is 6.67. The van der Waals surface area contributed by atoms with Crippen LogP contribution >= 0.6 is 0 Å². The monoisotopic (exact) mass is 373 g/mol. The van der Waals surface area contributed by atoms with Crippen LogP contribution in [0.2, 0.25) is 0 Å². The normalized spacial score (nSPS) is 17.3. The van der Waals surface area contributed by atoms with Gasteiger partial charge in [0.15, 0.2) is 11.5 Å². The third kappa shape index (κ3) is 2.94. The minimum atomic E-state index is -2.26. The van der Waals surface area contributed by atoms with Crippen LogP contribution < -0.4 is 14.2 Å². The van der Waals surface area contributed by atoms with Gasteiger partial charge in [0.05, 0.1) is 25.4 Å². The molecule has 0 saturated heterocycles. The Bertz CT molecular complexity index is 1000. The number of fused-ring (bicyclic) bond motifs is 2. The van der Waals surface area contributed by atoms with Gasteiger partial charge in [-0.2, -0.15) is 0 Å². The highest BCUT2D eigenvalue weighted by atomic mass is 32.2. The molecule has 0 spiro atoms. The molecule has 0 amide bonds. The van der Waals surface area contributed by atoms with Gasteiger partial charge < -0.3 is 14.0 Å². The third-order valence-electron chi connectivity index (χ3n) is 4.58. The van der Waals surface area contributed by atoms with Crippen LogP contribution in [0, 0.1) is 0 Å². The molecule has 9 heteroatoms. The smallest absolute Gasteiger partial charge is 0.163 e. The van der Waals surface area contributed by atoms with Gasteiger partial charge in [-0.05, 0) is 36.1 Å². The van der Waals surface area contributed by atoms with Crippen LogP contribution in [0.15, 0.2) is 30.3 Å². The van der Waals surface area contributed by atoms with E-state index in [1.807, 2.05) is 24.3 Å². The fourth-order valence-corrected chi connectivity index (χ4v) is 3.83. The highest BCUT2D eigenvalue weighted by Crippen LogP contribution is 2.32. The molecule has 1 aliphatic rings. The SMILES string of the molecule is COc1cc2nnn(-c3ccc4c(c3)CC(NS(=O)[O-])C4)c2cc1OC. The Hall–Kier alpha value is -2.49. The molecule has 0 radical (unpaired) electrons. The Morgan fingerprint density at radius 2 is 1.88 bits per heavy atom. The quantitative estimate of drug-likeness (QED) is 0.676. The first kappa shape index (κ1) is 17.0. The molecule has 0 bridgehead atoms. The molecular weight excluding hydrogens is 356 g/mol. The second-order valence-electron chi connectivity index (χ2n) is 6.11. The van der Waals surface area contributed by atoms with Gasteiger partial charge in [-0.15, -0.1) is 5.10 Å². The molecule has 0 aliphatic heterocycles. The summed E-state index contributed by atoms with van der Waals surface area (Å²) in [6.07, 6.45) is 1.34. The lowest BCUT2D eigenvalue weighted by Crippen LogP contribution is -2.30. The third-order valence-corrected chi connectivity index (χ3v) is 5.11. The number of hydrogen-bond acceptors (Lipinski definition) is 6. The van der Waals surface area contributed by atoms with Gasteiger partial charge in [0.25, 0.3) is 0 Å². The summed E-state index contributed by atoms with van der Waals surface area (Å²) in [6.45, 7) is 0.